The molecule has 0 radical (unpaired) electrons. The smallest absolute Gasteiger partial charge is 0.161 e. The third-order valence-corrected chi connectivity index (χ3v) is 1.25. The van der Waals surface area contributed by atoms with Crippen molar-refractivity contribution in [3.63, 3.8) is 0 Å². The Kier molecular flexibility index (Phi) is 1.61. The van der Waals surface area contributed by atoms with Crippen LogP contribution in [0.1, 0.15) is 5.56 Å². The summed E-state index contributed by atoms with van der Waals surface area (Å²) in [6, 6.07) is 2.11. The van der Waals surface area contributed by atoms with E-state index in [1.807, 2.05) is 0 Å². The van der Waals surface area contributed by atoms with E-state index in [0.717, 1.165) is 12.1 Å². The first-order chi connectivity index (χ1) is 5.15. The van der Waals surface area contributed by atoms with Crippen molar-refractivity contribution in [1.29, 1.82) is 0 Å². The number of benzene rings is 1. The van der Waals surface area contributed by atoms with E-state index in [4.69, 9.17) is 21.7 Å². The fraction of sp³-hybridized carbons (Fsp3) is 0. The summed E-state index contributed by atoms with van der Waals surface area (Å²) in [7, 11) is 0. The first-order valence-corrected chi connectivity index (χ1v) is 2.86. The molecule has 0 bridgehead atoms. The summed E-state index contributed by atoms with van der Waals surface area (Å²) in [6.07, 6.45) is 4.97. The fourth-order valence-corrected chi connectivity index (χ4v) is 0.681. The zero-order valence-electron chi connectivity index (χ0n) is 5.57. The van der Waals surface area contributed by atoms with Gasteiger partial charge in [0.15, 0.2) is 11.5 Å². The lowest BCUT2D eigenvalue weighted by atomic mass is 10.2. The van der Waals surface area contributed by atoms with Crippen LogP contribution in [-0.2, 0) is 0 Å². The topological polar surface area (TPSA) is 60.7 Å². The van der Waals surface area contributed by atoms with Gasteiger partial charge in [0, 0.05) is 12.1 Å². The van der Waals surface area contributed by atoms with Crippen LogP contribution < -0.4 is 0 Å². The maximum absolute atomic E-state index is 9.00. The molecule has 0 spiro atoms. The lowest BCUT2D eigenvalue weighted by Crippen LogP contribution is -1.76. The van der Waals surface area contributed by atoms with E-state index >= 15 is 0 Å². The fourth-order valence-electron chi connectivity index (χ4n) is 0.681. The van der Waals surface area contributed by atoms with Gasteiger partial charge in [-0.1, -0.05) is 5.92 Å². The minimum Gasteiger partial charge on any atom is -0.507 e. The summed E-state index contributed by atoms with van der Waals surface area (Å²) >= 11 is 0. The molecule has 0 aliphatic carbocycles. The Hall–Kier alpha value is -1.82. The third kappa shape index (κ3) is 1.19. The Bertz CT molecular complexity index is 323. The van der Waals surface area contributed by atoms with Crippen LogP contribution in [0.15, 0.2) is 12.1 Å². The van der Waals surface area contributed by atoms with Gasteiger partial charge in [-0.3, -0.25) is 0 Å². The van der Waals surface area contributed by atoms with Gasteiger partial charge in [0.25, 0.3) is 0 Å². The maximum Gasteiger partial charge on any atom is 0.161 e. The molecule has 0 heterocycles. The number of terminal acetylenes is 1. The molecule has 0 fully saturated rings. The molecule has 3 nitrogen and oxygen atoms in total. The van der Waals surface area contributed by atoms with Gasteiger partial charge in [-0.05, 0) is 0 Å². The maximum atomic E-state index is 9.00. The SMILES string of the molecule is C#Cc1cc(O)c(O)cc1O. The van der Waals surface area contributed by atoms with Crippen LogP contribution in [-0.4, -0.2) is 15.3 Å². The molecule has 1 aromatic carbocycles. The van der Waals surface area contributed by atoms with E-state index in [9.17, 15) is 0 Å². The zero-order chi connectivity index (χ0) is 8.43. The van der Waals surface area contributed by atoms with Crippen LogP contribution in [0.5, 0.6) is 17.2 Å². The minimum atomic E-state index is -0.387. The second-order valence-corrected chi connectivity index (χ2v) is 2.00. The minimum absolute atomic E-state index is 0.153. The standard InChI is InChI=1S/C8H6O3/c1-2-5-3-7(10)8(11)4-6(5)9/h1,3-4,9-11H. The predicted octanol–water partition coefficient (Wildman–Crippen LogP) is 0.785. The van der Waals surface area contributed by atoms with Crippen molar-refractivity contribution >= 4 is 0 Å². The van der Waals surface area contributed by atoms with Gasteiger partial charge in [0.1, 0.15) is 5.75 Å². The second kappa shape index (κ2) is 2.43. The lowest BCUT2D eigenvalue weighted by molar-refractivity contribution is 0.396. The van der Waals surface area contributed by atoms with Gasteiger partial charge in [-0.25, -0.2) is 0 Å². The number of hydrogen-bond acceptors (Lipinski definition) is 3. The molecule has 56 valence electrons. The van der Waals surface area contributed by atoms with Crippen LogP contribution >= 0.6 is 0 Å². The number of rotatable bonds is 0. The zero-order valence-corrected chi connectivity index (χ0v) is 5.57. The Morgan fingerprint density at radius 1 is 1.00 bits per heavy atom. The highest BCUT2D eigenvalue weighted by molar-refractivity contribution is 5.54. The average Bonchev–Trinajstić information content (AvgIpc) is 1.97. The van der Waals surface area contributed by atoms with Crippen LogP contribution in [0.3, 0.4) is 0 Å². The van der Waals surface area contributed by atoms with Gasteiger partial charge in [-0.2, -0.15) is 0 Å². The highest BCUT2D eigenvalue weighted by atomic mass is 16.3. The van der Waals surface area contributed by atoms with Gasteiger partial charge in [0.2, 0.25) is 0 Å². The second-order valence-electron chi connectivity index (χ2n) is 2.00. The Morgan fingerprint density at radius 2 is 1.55 bits per heavy atom. The van der Waals surface area contributed by atoms with Gasteiger partial charge >= 0.3 is 0 Å². The molecule has 0 aliphatic rings. The van der Waals surface area contributed by atoms with E-state index in [0.29, 0.717) is 0 Å². The van der Waals surface area contributed by atoms with Crippen molar-refractivity contribution in [3.05, 3.63) is 17.7 Å². The molecule has 0 amide bonds. The normalized spacial score (nSPS) is 9.00. The highest BCUT2D eigenvalue weighted by Gasteiger charge is 2.04. The molecule has 0 unspecified atom stereocenters. The summed E-state index contributed by atoms with van der Waals surface area (Å²) in [4.78, 5) is 0. The van der Waals surface area contributed by atoms with Gasteiger partial charge in [-0.15, -0.1) is 6.42 Å². The summed E-state index contributed by atoms with van der Waals surface area (Å²) in [6.45, 7) is 0. The molecule has 0 atom stereocenters. The van der Waals surface area contributed by atoms with Crippen molar-refractivity contribution in [1.82, 2.24) is 0 Å². The largest absolute Gasteiger partial charge is 0.507 e. The molecule has 11 heavy (non-hydrogen) atoms. The Labute approximate surface area is 63.5 Å². The molecule has 3 heteroatoms. The quantitative estimate of drug-likeness (QED) is 0.291. The number of phenols is 3. The van der Waals surface area contributed by atoms with Crippen molar-refractivity contribution in [2.45, 2.75) is 0 Å². The molecule has 0 saturated carbocycles. The van der Waals surface area contributed by atoms with Crippen LogP contribution in [0.25, 0.3) is 0 Å². The van der Waals surface area contributed by atoms with Crippen LogP contribution in [0, 0.1) is 12.3 Å². The van der Waals surface area contributed by atoms with E-state index in [1.54, 1.807) is 0 Å². The first kappa shape index (κ1) is 7.29. The van der Waals surface area contributed by atoms with Crippen molar-refractivity contribution in [2.24, 2.45) is 0 Å². The van der Waals surface area contributed by atoms with Gasteiger partial charge in [0.05, 0.1) is 5.56 Å². The van der Waals surface area contributed by atoms with E-state index < -0.39 is 0 Å². The summed E-state index contributed by atoms with van der Waals surface area (Å²) in [5, 5.41) is 26.7. The monoisotopic (exact) mass is 150 g/mol. The summed E-state index contributed by atoms with van der Waals surface area (Å²) in [5.74, 6) is 1.20. The van der Waals surface area contributed by atoms with E-state index in [-0.39, 0.29) is 22.8 Å². The third-order valence-electron chi connectivity index (χ3n) is 1.25. The number of hydrogen-bond donors (Lipinski definition) is 3. The van der Waals surface area contributed by atoms with Crippen molar-refractivity contribution < 1.29 is 15.3 Å². The molecular weight excluding hydrogens is 144 g/mol. The number of phenolic OH excluding ortho intramolecular Hbond substituents is 3. The summed E-state index contributed by atoms with van der Waals surface area (Å²) in [5.41, 5.74) is 0.153. The lowest BCUT2D eigenvalue weighted by Gasteiger charge is -1.99. The molecular formula is C8H6O3. The van der Waals surface area contributed by atoms with E-state index in [2.05, 4.69) is 5.92 Å². The van der Waals surface area contributed by atoms with E-state index in [1.165, 1.54) is 0 Å². The van der Waals surface area contributed by atoms with Crippen molar-refractivity contribution in [3.8, 4) is 29.6 Å². The Morgan fingerprint density at radius 3 is 2.09 bits per heavy atom. The van der Waals surface area contributed by atoms with Crippen molar-refractivity contribution in [2.75, 3.05) is 0 Å². The molecule has 3 N–H and O–H groups in total. The van der Waals surface area contributed by atoms with Crippen LogP contribution in [0.2, 0.25) is 0 Å². The average molecular weight is 150 g/mol. The molecule has 0 aliphatic heterocycles. The predicted molar refractivity (Wildman–Crippen MR) is 39.4 cm³/mol. The molecule has 0 aromatic heterocycles. The van der Waals surface area contributed by atoms with Gasteiger partial charge < -0.3 is 15.3 Å². The molecule has 0 saturated heterocycles. The van der Waals surface area contributed by atoms with Crippen LogP contribution in [0.4, 0.5) is 0 Å². The summed E-state index contributed by atoms with van der Waals surface area (Å²) < 4.78 is 0. The Balaban J connectivity index is 3.35. The molecule has 1 aromatic rings. The molecule has 1 rings (SSSR count). The first-order valence-electron chi connectivity index (χ1n) is 2.86. The number of aromatic hydroxyl groups is 3. The highest BCUT2D eigenvalue weighted by Crippen LogP contribution is 2.31.